The van der Waals surface area contributed by atoms with E-state index in [1.165, 1.54) is 0 Å². The lowest BCUT2D eigenvalue weighted by Crippen LogP contribution is -2.39. The van der Waals surface area contributed by atoms with Gasteiger partial charge >= 0.3 is 0 Å². The molecule has 21 heavy (non-hydrogen) atoms. The second kappa shape index (κ2) is 5.86. The number of piperidine rings is 1. The van der Waals surface area contributed by atoms with Crippen LogP contribution in [0, 0.1) is 5.41 Å². The van der Waals surface area contributed by atoms with Gasteiger partial charge in [0.25, 0.3) is 0 Å². The second-order valence-corrected chi connectivity index (χ2v) is 8.04. The fourth-order valence-electron chi connectivity index (χ4n) is 3.50. The first kappa shape index (κ1) is 15.3. The van der Waals surface area contributed by atoms with Crippen molar-refractivity contribution < 1.29 is 9.84 Å². The van der Waals surface area contributed by atoms with Gasteiger partial charge in [0.2, 0.25) is 0 Å². The van der Waals surface area contributed by atoms with Crippen LogP contribution in [0.1, 0.15) is 56.7 Å². The summed E-state index contributed by atoms with van der Waals surface area (Å²) in [4.78, 5) is 8.27. The Labute approximate surface area is 131 Å². The Morgan fingerprint density at radius 3 is 3.05 bits per heavy atom. The molecule has 1 aromatic heterocycles. The third kappa shape index (κ3) is 3.25. The molecule has 1 saturated heterocycles. The highest BCUT2D eigenvalue weighted by atomic mass is 32.1. The van der Waals surface area contributed by atoms with Gasteiger partial charge in [0.15, 0.2) is 5.13 Å². The summed E-state index contributed by atoms with van der Waals surface area (Å²) in [6.45, 7) is 9.24. The van der Waals surface area contributed by atoms with Crippen molar-refractivity contribution in [3.05, 3.63) is 10.6 Å². The molecular weight excluding hydrogens is 284 g/mol. The number of aliphatic hydroxyl groups is 1. The molecule has 3 rings (SSSR count). The minimum absolute atomic E-state index is 0.146. The van der Waals surface area contributed by atoms with Gasteiger partial charge in [-0.25, -0.2) is 4.98 Å². The minimum Gasteiger partial charge on any atom is -0.387 e. The minimum atomic E-state index is -0.345. The third-order valence-corrected chi connectivity index (χ3v) is 5.72. The van der Waals surface area contributed by atoms with Crippen molar-refractivity contribution in [2.45, 2.75) is 58.7 Å². The zero-order chi connectivity index (χ0) is 15.0. The lowest BCUT2D eigenvalue weighted by atomic mass is 9.77. The maximum Gasteiger partial charge on any atom is 0.185 e. The molecule has 2 aliphatic rings. The maximum atomic E-state index is 10.4. The largest absolute Gasteiger partial charge is 0.387 e. The Morgan fingerprint density at radius 2 is 2.29 bits per heavy atom. The van der Waals surface area contributed by atoms with Gasteiger partial charge in [0.05, 0.1) is 22.8 Å². The Bertz CT molecular complexity index is 498. The van der Waals surface area contributed by atoms with Gasteiger partial charge in [-0.1, -0.05) is 25.2 Å². The quantitative estimate of drug-likeness (QED) is 0.931. The first-order valence-corrected chi connectivity index (χ1v) is 8.84. The number of anilines is 1. The summed E-state index contributed by atoms with van der Waals surface area (Å²) < 4.78 is 5.78. The zero-order valence-corrected chi connectivity index (χ0v) is 14.1. The third-order valence-electron chi connectivity index (χ3n) is 4.46. The topological polar surface area (TPSA) is 45.6 Å². The SMILES string of the molecule is CCOC1CCCN(c2nc3c(s2)C(O)CC(C)(C)C3)C1. The molecule has 1 aliphatic heterocycles. The van der Waals surface area contributed by atoms with Crippen molar-refractivity contribution >= 4 is 16.5 Å². The fraction of sp³-hybridized carbons (Fsp3) is 0.812. The van der Waals surface area contributed by atoms with Crippen molar-refractivity contribution in [2.75, 3.05) is 24.6 Å². The number of hydrogen-bond donors (Lipinski definition) is 1. The standard InChI is InChI=1S/C16H26N2O2S/c1-4-20-11-6-5-7-18(10-11)15-17-12-8-16(2,3)9-13(19)14(12)21-15/h11,13,19H,4-10H2,1-3H3. The highest BCUT2D eigenvalue weighted by Gasteiger charge is 2.35. The molecule has 2 atom stereocenters. The van der Waals surface area contributed by atoms with E-state index in [0.717, 1.165) is 61.1 Å². The number of nitrogens with zero attached hydrogens (tertiary/aromatic N) is 2. The first-order valence-electron chi connectivity index (χ1n) is 8.03. The summed E-state index contributed by atoms with van der Waals surface area (Å²) in [7, 11) is 0. The summed E-state index contributed by atoms with van der Waals surface area (Å²) >= 11 is 1.68. The number of fused-ring (bicyclic) bond motifs is 1. The molecule has 2 heterocycles. The van der Waals surface area contributed by atoms with Crippen molar-refractivity contribution in [3.8, 4) is 0 Å². The molecule has 1 aliphatic carbocycles. The zero-order valence-electron chi connectivity index (χ0n) is 13.3. The lowest BCUT2D eigenvalue weighted by Gasteiger charge is -2.32. The Hall–Kier alpha value is -0.650. The highest BCUT2D eigenvalue weighted by molar-refractivity contribution is 7.15. The molecule has 1 fully saturated rings. The second-order valence-electron chi connectivity index (χ2n) is 7.03. The smallest absolute Gasteiger partial charge is 0.185 e. The van der Waals surface area contributed by atoms with E-state index in [1.807, 2.05) is 0 Å². The van der Waals surface area contributed by atoms with Gasteiger partial charge in [-0.15, -0.1) is 0 Å². The average Bonchev–Trinajstić information content (AvgIpc) is 2.82. The number of thiazole rings is 1. The Balaban J connectivity index is 1.78. The van der Waals surface area contributed by atoms with Crippen LogP contribution in [0.25, 0.3) is 0 Å². The van der Waals surface area contributed by atoms with E-state index < -0.39 is 0 Å². The highest BCUT2D eigenvalue weighted by Crippen LogP contribution is 2.44. The van der Waals surface area contributed by atoms with Gasteiger partial charge in [-0.3, -0.25) is 0 Å². The Morgan fingerprint density at radius 1 is 1.48 bits per heavy atom. The molecule has 2 unspecified atom stereocenters. The molecule has 0 aromatic carbocycles. The molecule has 1 N–H and O–H groups in total. The van der Waals surface area contributed by atoms with Crippen LogP contribution in [0.3, 0.4) is 0 Å². The predicted molar refractivity (Wildman–Crippen MR) is 86.0 cm³/mol. The van der Waals surface area contributed by atoms with Gasteiger partial charge in [0.1, 0.15) is 0 Å². The number of aliphatic hydroxyl groups excluding tert-OH is 1. The number of hydrogen-bond acceptors (Lipinski definition) is 5. The molecule has 118 valence electrons. The summed E-state index contributed by atoms with van der Waals surface area (Å²) in [6.07, 6.45) is 4.09. The number of ether oxygens (including phenoxy) is 1. The summed E-state index contributed by atoms with van der Waals surface area (Å²) in [6, 6.07) is 0. The average molecular weight is 310 g/mol. The van der Waals surface area contributed by atoms with Gasteiger partial charge in [-0.05, 0) is 38.0 Å². The van der Waals surface area contributed by atoms with Gasteiger partial charge in [-0.2, -0.15) is 0 Å². The number of aromatic nitrogens is 1. The van der Waals surface area contributed by atoms with E-state index in [4.69, 9.17) is 9.72 Å². The lowest BCUT2D eigenvalue weighted by molar-refractivity contribution is 0.0526. The molecule has 0 amide bonds. The molecule has 0 bridgehead atoms. The first-order chi connectivity index (χ1) is 9.98. The van der Waals surface area contributed by atoms with Gasteiger partial charge in [0, 0.05) is 19.7 Å². The van der Waals surface area contributed by atoms with Crippen LogP contribution in [0.4, 0.5) is 5.13 Å². The van der Waals surface area contributed by atoms with Crippen LogP contribution in [-0.2, 0) is 11.2 Å². The fourth-order valence-corrected chi connectivity index (χ4v) is 4.60. The summed E-state index contributed by atoms with van der Waals surface area (Å²) in [5.41, 5.74) is 1.25. The van der Waals surface area contributed by atoms with Crippen molar-refractivity contribution in [3.63, 3.8) is 0 Å². The van der Waals surface area contributed by atoms with Crippen molar-refractivity contribution in [1.29, 1.82) is 0 Å². The van der Waals surface area contributed by atoms with E-state index in [9.17, 15) is 5.11 Å². The molecular formula is C16H26N2O2S. The molecule has 5 heteroatoms. The summed E-state index contributed by atoms with van der Waals surface area (Å²) in [5, 5.41) is 11.4. The van der Waals surface area contributed by atoms with Crippen LogP contribution in [0.5, 0.6) is 0 Å². The van der Waals surface area contributed by atoms with Crippen molar-refractivity contribution in [2.24, 2.45) is 5.41 Å². The molecule has 0 spiro atoms. The van der Waals surface area contributed by atoms with Crippen LogP contribution in [0.2, 0.25) is 0 Å². The van der Waals surface area contributed by atoms with Crippen LogP contribution < -0.4 is 4.90 Å². The predicted octanol–water partition coefficient (Wildman–Crippen LogP) is 3.15. The van der Waals surface area contributed by atoms with E-state index in [0.29, 0.717) is 6.10 Å². The van der Waals surface area contributed by atoms with E-state index in [2.05, 4.69) is 25.7 Å². The molecule has 4 nitrogen and oxygen atoms in total. The van der Waals surface area contributed by atoms with Crippen LogP contribution in [0.15, 0.2) is 0 Å². The van der Waals surface area contributed by atoms with E-state index in [-0.39, 0.29) is 11.5 Å². The van der Waals surface area contributed by atoms with Crippen LogP contribution >= 0.6 is 11.3 Å². The molecule has 0 radical (unpaired) electrons. The van der Waals surface area contributed by atoms with Crippen LogP contribution in [-0.4, -0.2) is 35.9 Å². The van der Waals surface area contributed by atoms with E-state index >= 15 is 0 Å². The summed E-state index contributed by atoms with van der Waals surface area (Å²) in [5.74, 6) is 0. The monoisotopic (exact) mass is 310 g/mol. The molecule has 0 saturated carbocycles. The maximum absolute atomic E-state index is 10.4. The molecule has 1 aromatic rings. The van der Waals surface area contributed by atoms with E-state index in [1.54, 1.807) is 11.3 Å². The Kier molecular flexibility index (Phi) is 4.26. The van der Waals surface area contributed by atoms with Gasteiger partial charge < -0.3 is 14.7 Å². The normalized spacial score (nSPS) is 28.5. The van der Waals surface area contributed by atoms with Crippen molar-refractivity contribution in [1.82, 2.24) is 4.98 Å². The number of rotatable bonds is 3.